The van der Waals surface area contributed by atoms with Crippen molar-refractivity contribution in [2.24, 2.45) is 5.73 Å². The second-order valence-electron chi connectivity index (χ2n) is 5.88. The minimum absolute atomic E-state index is 0.0335. The standard InChI is InChI=1S/C19H18N4O4/c1-4-25-19(24)15-10(2)26-17(21)14(9-20)16(15)12-6-5-7-13(8-12)18-22-11(3)27-23-18/h5-8,16H,4,21H2,1-3H3. The van der Waals surface area contributed by atoms with Gasteiger partial charge in [0.25, 0.3) is 0 Å². The van der Waals surface area contributed by atoms with Gasteiger partial charge in [0.2, 0.25) is 17.6 Å². The molecule has 1 aliphatic rings. The Hall–Kier alpha value is -3.60. The number of rotatable bonds is 4. The topological polar surface area (TPSA) is 124 Å². The van der Waals surface area contributed by atoms with Crippen LogP contribution < -0.4 is 5.73 Å². The lowest BCUT2D eigenvalue weighted by atomic mass is 9.82. The Morgan fingerprint density at radius 2 is 2.19 bits per heavy atom. The van der Waals surface area contributed by atoms with Crippen molar-refractivity contribution in [2.45, 2.75) is 26.7 Å². The molecule has 0 aliphatic carbocycles. The second kappa shape index (κ2) is 7.33. The maximum Gasteiger partial charge on any atom is 0.338 e. The first-order valence-electron chi connectivity index (χ1n) is 8.32. The van der Waals surface area contributed by atoms with E-state index in [4.69, 9.17) is 19.7 Å². The molecule has 0 bridgehead atoms. The van der Waals surface area contributed by atoms with Gasteiger partial charge in [-0.2, -0.15) is 10.2 Å². The van der Waals surface area contributed by atoms with Gasteiger partial charge in [0.15, 0.2) is 0 Å². The van der Waals surface area contributed by atoms with Gasteiger partial charge < -0.3 is 19.7 Å². The number of hydrogen-bond acceptors (Lipinski definition) is 8. The molecule has 2 aromatic rings. The number of nitriles is 1. The lowest BCUT2D eigenvalue weighted by molar-refractivity contribution is -0.139. The fourth-order valence-corrected chi connectivity index (χ4v) is 2.96. The average Bonchev–Trinajstić information content (AvgIpc) is 3.08. The van der Waals surface area contributed by atoms with E-state index in [1.165, 1.54) is 0 Å². The fraction of sp³-hybridized carbons (Fsp3) is 0.263. The van der Waals surface area contributed by atoms with Crippen molar-refractivity contribution >= 4 is 5.97 Å². The van der Waals surface area contributed by atoms with Crippen LogP contribution in [0.1, 0.15) is 31.2 Å². The molecule has 0 radical (unpaired) electrons. The van der Waals surface area contributed by atoms with Crippen LogP contribution in [0.25, 0.3) is 11.4 Å². The normalized spacial score (nSPS) is 16.7. The number of carbonyl (C=O) groups is 1. The monoisotopic (exact) mass is 366 g/mol. The molecule has 27 heavy (non-hydrogen) atoms. The first kappa shape index (κ1) is 18.2. The van der Waals surface area contributed by atoms with Crippen molar-refractivity contribution in [3.8, 4) is 17.5 Å². The summed E-state index contributed by atoms with van der Waals surface area (Å²) in [5, 5.41) is 13.5. The predicted molar refractivity (Wildman–Crippen MR) is 94.5 cm³/mol. The molecule has 8 nitrogen and oxygen atoms in total. The molecule has 2 N–H and O–H groups in total. The zero-order valence-electron chi connectivity index (χ0n) is 15.1. The molecule has 0 saturated carbocycles. The third-order valence-corrected chi connectivity index (χ3v) is 4.11. The van der Waals surface area contributed by atoms with Gasteiger partial charge in [-0.15, -0.1) is 0 Å². The average molecular weight is 366 g/mol. The maximum atomic E-state index is 12.5. The number of benzene rings is 1. The smallest absolute Gasteiger partial charge is 0.338 e. The molecule has 1 aliphatic heterocycles. The van der Waals surface area contributed by atoms with E-state index in [2.05, 4.69) is 16.2 Å². The van der Waals surface area contributed by atoms with E-state index in [0.29, 0.717) is 28.6 Å². The molecule has 0 saturated heterocycles. The molecule has 3 rings (SSSR count). The molecule has 0 amide bonds. The van der Waals surface area contributed by atoms with Crippen LogP contribution in [0.2, 0.25) is 0 Å². The van der Waals surface area contributed by atoms with Crippen LogP contribution in [-0.2, 0) is 14.3 Å². The van der Waals surface area contributed by atoms with Gasteiger partial charge in [-0.05, 0) is 25.5 Å². The second-order valence-corrected chi connectivity index (χ2v) is 5.88. The van der Waals surface area contributed by atoms with E-state index in [-0.39, 0.29) is 23.6 Å². The van der Waals surface area contributed by atoms with Gasteiger partial charge in [-0.3, -0.25) is 0 Å². The summed E-state index contributed by atoms with van der Waals surface area (Å²) in [6.07, 6.45) is 0. The Morgan fingerprint density at radius 3 is 2.81 bits per heavy atom. The lowest BCUT2D eigenvalue weighted by Gasteiger charge is -2.27. The summed E-state index contributed by atoms with van der Waals surface area (Å²) in [6, 6.07) is 9.23. The maximum absolute atomic E-state index is 12.5. The van der Waals surface area contributed by atoms with Crippen molar-refractivity contribution in [3.05, 3.63) is 58.5 Å². The van der Waals surface area contributed by atoms with Crippen LogP contribution in [0.3, 0.4) is 0 Å². The van der Waals surface area contributed by atoms with E-state index >= 15 is 0 Å². The molecule has 1 unspecified atom stereocenters. The number of carbonyl (C=O) groups excluding carboxylic acids is 1. The molecular formula is C19H18N4O4. The summed E-state index contributed by atoms with van der Waals surface area (Å²) in [7, 11) is 0. The molecule has 0 fully saturated rings. The number of allylic oxidation sites excluding steroid dienone is 2. The van der Waals surface area contributed by atoms with Gasteiger partial charge in [-0.1, -0.05) is 23.4 Å². The Morgan fingerprint density at radius 1 is 1.41 bits per heavy atom. The summed E-state index contributed by atoms with van der Waals surface area (Å²) in [6.45, 7) is 5.22. The van der Waals surface area contributed by atoms with Gasteiger partial charge in [0, 0.05) is 12.5 Å². The minimum atomic E-state index is -0.712. The highest BCUT2D eigenvalue weighted by molar-refractivity contribution is 5.92. The first-order valence-corrected chi connectivity index (χ1v) is 8.32. The van der Waals surface area contributed by atoms with E-state index in [9.17, 15) is 10.1 Å². The largest absolute Gasteiger partial charge is 0.463 e. The molecule has 138 valence electrons. The van der Waals surface area contributed by atoms with Crippen LogP contribution in [0, 0.1) is 18.3 Å². The van der Waals surface area contributed by atoms with E-state index in [1.807, 2.05) is 6.07 Å². The number of nitrogens with zero attached hydrogens (tertiary/aromatic N) is 3. The van der Waals surface area contributed by atoms with Crippen LogP contribution in [0.4, 0.5) is 0 Å². The summed E-state index contributed by atoms with van der Waals surface area (Å²) < 4.78 is 15.6. The third kappa shape index (κ3) is 3.40. The summed E-state index contributed by atoms with van der Waals surface area (Å²) >= 11 is 0. The molecule has 1 aromatic carbocycles. The van der Waals surface area contributed by atoms with Gasteiger partial charge in [0.05, 0.1) is 18.1 Å². The molecule has 1 atom stereocenters. The van der Waals surface area contributed by atoms with E-state index in [0.717, 1.165) is 0 Å². The Kier molecular flexibility index (Phi) is 4.94. The molecule has 2 heterocycles. The van der Waals surface area contributed by atoms with Crippen molar-refractivity contribution in [3.63, 3.8) is 0 Å². The number of aryl methyl sites for hydroxylation is 1. The van der Waals surface area contributed by atoms with E-state index in [1.54, 1.807) is 39.0 Å². The molecule has 0 spiro atoms. The summed E-state index contributed by atoms with van der Waals surface area (Å²) in [4.78, 5) is 16.8. The van der Waals surface area contributed by atoms with Crippen LogP contribution in [0.15, 0.2) is 51.6 Å². The van der Waals surface area contributed by atoms with Crippen molar-refractivity contribution < 1.29 is 18.8 Å². The van der Waals surface area contributed by atoms with Crippen molar-refractivity contribution in [2.75, 3.05) is 6.61 Å². The Bertz CT molecular complexity index is 997. The van der Waals surface area contributed by atoms with Crippen LogP contribution in [-0.4, -0.2) is 22.7 Å². The molecular weight excluding hydrogens is 348 g/mol. The van der Waals surface area contributed by atoms with Gasteiger partial charge in [-0.25, -0.2) is 4.79 Å². The number of hydrogen-bond donors (Lipinski definition) is 1. The van der Waals surface area contributed by atoms with Gasteiger partial charge in [0.1, 0.15) is 17.4 Å². The number of nitrogens with two attached hydrogens (primary N) is 1. The predicted octanol–water partition coefficient (Wildman–Crippen LogP) is 2.69. The van der Waals surface area contributed by atoms with Crippen LogP contribution >= 0.6 is 0 Å². The zero-order valence-corrected chi connectivity index (χ0v) is 15.1. The van der Waals surface area contributed by atoms with Gasteiger partial charge >= 0.3 is 5.97 Å². The van der Waals surface area contributed by atoms with Crippen LogP contribution in [0.5, 0.6) is 0 Å². The fourth-order valence-electron chi connectivity index (χ4n) is 2.96. The van der Waals surface area contributed by atoms with Crippen molar-refractivity contribution in [1.82, 2.24) is 10.1 Å². The highest BCUT2D eigenvalue weighted by Gasteiger charge is 2.36. The number of ether oxygens (including phenoxy) is 2. The summed E-state index contributed by atoms with van der Waals surface area (Å²) in [5.74, 6) is -0.150. The minimum Gasteiger partial charge on any atom is -0.463 e. The van der Waals surface area contributed by atoms with E-state index < -0.39 is 11.9 Å². The number of aromatic nitrogens is 2. The highest BCUT2D eigenvalue weighted by atomic mass is 16.5. The first-order chi connectivity index (χ1) is 13.0. The summed E-state index contributed by atoms with van der Waals surface area (Å²) in [5.41, 5.74) is 7.64. The zero-order chi connectivity index (χ0) is 19.6. The number of esters is 1. The SMILES string of the molecule is CCOC(=O)C1=C(C)OC(N)=C(C#N)C1c1cccc(-c2noc(C)n2)c1. The quantitative estimate of drug-likeness (QED) is 0.819. The van der Waals surface area contributed by atoms with Crippen molar-refractivity contribution in [1.29, 1.82) is 5.26 Å². The Balaban J connectivity index is 2.14. The molecule has 8 heteroatoms. The molecule has 1 aromatic heterocycles. The third-order valence-electron chi connectivity index (χ3n) is 4.11. The lowest BCUT2D eigenvalue weighted by Crippen LogP contribution is -2.25. The Labute approximate surface area is 155 Å². The highest BCUT2D eigenvalue weighted by Crippen LogP contribution is 2.40.